The molecule has 0 amide bonds. The summed E-state index contributed by atoms with van der Waals surface area (Å²) in [5, 5.41) is 7.31. The van der Waals surface area contributed by atoms with E-state index in [0.717, 1.165) is 35.2 Å². The maximum absolute atomic E-state index is 6.01. The van der Waals surface area contributed by atoms with Crippen molar-refractivity contribution in [1.29, 1.82) is 0 Å². The van der Waals surface area contributed by atoms with Crippen LogP contribution in [0.15, 0.2) is 60.8 Å². The minimum absolute atomic E-state index is 0.565. The van der Waals surface area contributed by atoms with Crippen molar-refractivity contribution in [1.82, 2.24) is 9.97 Å². The van der Waals surface area contributed by atoms with Gasteiger partial charge in [0.1, 0.15) is 5.82 Å². The van der Waals surface area contributed by atoms with Crippen molar-refractivity contribution >= 4 is 34.7 Å². The Kier molecular flexibility index (Phi) is 5.92. The van der Waals surface area contributed by atoms with E-state index in [-0.39, 0.29) is 0 Å². The highest BCUT2D eigenvalue weighted by molar-refractivity contribution is 6.30. The lowest BCUT2D eigenvalue weighted by molar-refractivity contribution is 1.00. The predicted molar refractivity (Wildman–Crippen MR) is 110 cm³/mol. The van der Waals surface area contributed by atoms with E-state index in [1.54, 1.807) is 6.20 Å². The van der Waals surface area contributed by atoms with Gasteiger partial charge in [0.2, 0.25) is 5.95 Å². The van der Waals surface area contributed by atoms with Crippen LogP contribution in [0.3, 0.4) is 0 Å². The molecule has 2 aromatic carbocycles. The molecular formula is C20H22ClN5. The van der Waals surface area contributed by atoms with Crippen molar-refractivity contribution in [2.24, 2.45) is 0 Å². The molecule has 0 bridgehead atoms. The number of nitrogens with one attached hydrogen (secondary N) is 2. The van der Waals surface area contributed by atoms with E-state index in [1.807, 2.05) is 50.5 Å². The Morgan fingerprint density at radius 2 is 1.85 bits per heavy atom. The van der Waals surface area contributed by atoms with Gasteiger partial charge in [0.05, 0.1) is 0 Å². The molecule has 3 aromatic rings. The van der Waals surface area contributed by atoms with E-state index in [0.29, 0.717) is 5.95 Å². The second-order valence-corrected chi connectivity index (χ2v) is 6.57. The van der Waals surface area contributed by atoms with Crippen LogP contribution >= 0.6 is 11.6 Å². The molecule has 0 aliphatic heterocycles. The molecule has 0 unspecified atom stereocenters. The number of nitrogens with zero attached hydrogens (tertiary/aromatic N) is 3. The van der Waals surface area contributed by atoms with Crippen LogP contribution < -0.4 is 15.5 Å². The third-order valence-corrected chi connectivity index (χ3v) is 4.14. The molecule has 1 aromatic heterocycles. The molecule has 2 N–H and O–H groups in total. The first-order valence-corrected chi connectivity index (χ1v) is 8.84. The van der Waals surface area contributed by atoms with E-state index < -0.39 is 0 Å². The Hall–Kier alpha value is -2.79. The first-order chi connectivity index (χ1) is 12.6. The van der Waals surface area contributed by atoms with Crippen LogP contribution in [-0.4, -0.2) is 30.6 Å². The SMILES string of the molecule is CN(C)c1ccc(Nc2nccc(NCCc3cccc(Cl)c3)n2)cc1. The van der Waals surface area contributed by atoms with Gasteiger partial charge in [-0.25, -0.2) is 4.98 Å². The standard InChI is InChI=1S/C20H22ClN5/c1-26(2)18-8-6-17(7-9-18)24-20-23-13-11-19(25-20)22-12-10-15-4-3-5-16(21)14-15/h3-9,11,13-14H,10,12H2,1-2H3,(H2,22,23,24,25). The first kappa shape index (κ1) is 18.0. The molecule has 0 aliphatic rings. The molecule has 0 fully saturated rings. The van der Waals surface area contributed by atoms with Crippen molar-refractivity contribution in [2.75, 3.05) is 36.2 Å². The van der Waals surface area contributed by atoms with Gasteiger partial charge in [0.15, 0.2) is 0 Å². The average molecular weight is 368 g/mol. The molecule has 3 rings (SSSR count). The number of anilines is 4. The highest BCUT2D eigenvalue weighted by Crippen LogP contribution is 2.19. The van der Waals surface area contributed by atoms with Crippen molar-refractivity contribution in [3.05, 3.63) is 71.4 Å². The van der Waals surface area contributed by atoms with E-state index in [9.17, 15) is 0 Å². The fourth-order valence-corrected chi connectivity index (χ4v) is 2.73. The summed E-state index contributed by atoms with van der Waals surface area (Å²) < 4.78 is 0. The quantitative estimate of drug-likeness (QED) is 0.639. The van der Waals surface area contributed by atoms with E-state index in [1.165, 1.54) is 5.56 Å². The molecule has 0 spiro atoms. The molecule has 134 valence electrons. The summed E-state index contributed by atoms with van der Waals surface area (Å²) in [6.07, 6.45) is 2.62. The average Bonchev–Trinajstić information content (AvgIpc) is 2.63. The predicted octanol–water partition coefficient (Wildman–Crippen LogP) is 4.59. The lowest BCUT2D eigenvalue weighted by Gasteiger charge is -2.13. The number of hydrogen-bond acceptors (Lipinski definition) is 5. The number of aromatic nitrogens is 2. The molecule has 0 atom stereocenters. The Bertz CT molecular complexity index is 849. The van der Waals surface area contributed by atoms with Crippen LogP contribution in [0, 0.1) is 0 Å². The van der Waals surface area contributed by atoms with Crippen LogP contribution in [0.2, 0.25) is 5.02 Å². The number of hydrogen-bond donors (Lipinski definition) is 2. The maximum Gasteiger partial charge on any atom is 0.229 e. The molecule has 0 saturated carbocycles. The Morgan fingerprint density at radius 3 is 2.58 bits per heavy atom. The van der Waals surface area contributed by atoms with Crippen LogP contribution in [0.4, 0.5) is 23.1 Å². The Labute approximate surface area is 159 Å². The van der Waals surface area contributed by atoms with E-state index in [2.05, 4.69) is 43.7 Å². The zero-order valence-electron chi connectivity index (χ0n) is 14.9. The van der Waals surface area contributed by atoms with Gasteiger partial charge in [0.25, 0.3) is 0 Å². The van der Waals surface area contributed by atoms with Gasteiger partial charge in [0, 0.05) is 43.2 Å². The second kappa shape index (κ2) is 8.54. The van der Waals surface area contributed by atoms with Gasteiger partial charge in [-0.15, -0.1) is 0 Å². The summed E-state index contributed by atoms with van der Waals surface area (Å²) in [6, 6.07) is 17.9. The fourth-order valence-electron chi connectivity index (χ4n) is 2.52. The number of rotatable bonds is 7. The topological polar surface area (TPSA) is 53.1 Å². The Morgan fingerprint density at radius 1 is 1.04 bits per heavy atom. The van der Waals surface area contributed by atoms with Crippen LogP contribution in [0.25, 0.3) is 0 Å². The molecular weight excluding hydrogens is 346 g/mol. The van der Waals surface area contributed by atoms with Crippen molar-refractivity contribution in [3.63, 3.8) is 0 Å². The molecule has 0 saturated heterocycles. The van der Waals surface area contributed by atoms with Crippen LogP contribution in [0.1, 0.15) is 5.56 Å². The number of halogens is 1. The summed E-state index contributed by atoms with van der Waals surface area (Å²) in [5.74, 6) is 1.35. The molecule has 5 nitrogen and oxygen atoms in total. The number of benzene rings is 2. The summed E-state index contributed by atoms with van der Waals surface area (Å²) in [7, 11) is 4.04. The maximum atomic E-state index is 6.01. The van der Waals surface area contributed by atoms with E-state index >= 15 is 0 Å². The normalized spacial score (nSPS) is 10.4. The zero-order chi connectivity index (χ0) is 18.4. The van der Waals surface area contributed by atoms with Gasteiger partial charge >= 0.3 is 0 Å². The van der Waals surface area contributed by atoms with E-state index in [4.69, 9.17) is 11.6 Å². The lowest BCUT2D eigenvalue weighted by atomic mass is 10.1. The Balaban J connectivity index is 1.57. The van der Waals surface area contributed by atoms with Crippen LogP contribution in [0.5, 0.6) is 0 Å². The molecule has 0 aliphatic carbocycles. The minimum Gasteiger partial charge on any atom is -0.378 e. The summed E-state index contributed by atoms with van der Waals surface area (Å²) in [5.41, 5.74) is 3.29. The third kappa shape index (κ3) is 5.10. The molecule has 0 radical (unpaired) electrons. The summed E-state index contributed by atoms with van der Waals surface area (Å²) in [4.78, 5) is 10.8. The molecule has 26 heavy (non-hydrogen) atoms. The van der Waals surface area contributed by atoms with Gasteiger partial charge in [-0.2, -0.15) is 4.98 Å². The minimum atomic E-state index is 0.565. The molecule has 6 heteroatoms. The second-order valence-electron chi connectivity index (χ2n) is 6.14. The van der Waals surface area contributed by atoms with Crippen LogP contribution in [-0.2, 0) is 6.42 Å². The highest BCUT2D eigenvalue weighted by atomic mass is 35.5. The smallest absolute Gasteiger partial charge is 0.229 e. The van der Waals surface area contributed by atoms with Crippen molar-refractivity contribution in [2.45, 2.75) is 6.42 Å². The lowest BCUT2D eigenvalue weighted by Crippen LogP contribution is -2.09. The van der Waals surface area contributed by atoms with Gasteiger partial charge in [-0.1, -0.05) is 23.7 Å². The zero-order valence-corrected chi connectivity index (χ0v) is 15.7. The van der Waals surface area contributed by atoms with Gasteiger partial charge in [-0.05, 0) is 54.4 Å². The fraction of sp³-hybridized carbons (Fsp3) is 0.200. The van der Waals surface area contributed by atoms with Crippen molar-refractivity contribution in [3.8, 4) is 0 Å². The highest BCUT2D eigenvalue weighted by Gasteiger charge is 2.02. The third-order valence-electron chi connectivity index (χ3n) is 3.90. The summed E-state index contributed by atoms with van der Waals surface area (Å²) >= 11 is 6.01. The van der Waals surface area contributed by atoms with Gasteiger partial charge in [-0.3, -0.25) is 0 Å². The first-order valence-electron chi connectivity index (χ1n) is 8.46. The summed E-state index contributed by atoms with van der Waals surface area (Å²) in [6.45, 7) is 0.772. The largest absolute Gasteiger partial charge is 0.378 e. The van der Waals surface area contributed by atoms with Crippen molar-refractivity contribution < 1.29 is 0 Å². The monoisotopic (exact) mass is 367 g/mol. The molecule has 1 heterocycles. The van der Waals surface area contributed by atoms with Gasteiger partial charge < -0.3 is 15.5 Å².